The average Bonchev–Trinajstić information content (AvgIpc) is 3.31. The third-order valence-electron chi connectivity index (χ3n) is 5.47. The van der Waals surface area contributed by atoms with Crippen LogP contribution < -0.4 is 11.2 Å². The summed E-state index contributed by atoms with van der Waals surface area (Å²) in [5.74, 6) is 0.677. The standard InChI is InChI=1S/C19H25N5O3/c1-11(2)9-23-17(25)15-16(21(5)19(23)26)20-18-22(10-14-7-6-8-27-14)12(3)13(4)24(15)18/h14H,1,6-10H2,2-5H3/t14-/m1/s1. The second-order valence-electron chi connectivity index (χ2n) is 7.53. The lowest BCUT2D eigenvalue weighted by Gasteiger charge is -2.12. The lowest BCUT2D eigenvalue weighted by atomic mass is 10.2. The quantitative estimate of drug-likeness (QED) is 0.652. The van der Waals surface area contributed by atoms with Gasteiger partial charge < -0.3 is 9.30 Å². The number of imidazole rings is 2. The molecule has 27 heavy (non-hydrogen) atoms. The number of hydrogen-bond donors (Lipinski definition) is 0. The second kappa shape index (κ2) is 6.23. The van der Waals surface area contributed by atoms with E-state index in [0.717, 1.165) is 36.4 Å². The van der Waals surface area contributed by atoms with Gasteiger partial charge in [0.2, 0.25) is 5.78 Å². The molecule has 1 saturated heterocycles. The molecule has 4 heterocycles. The fourth-order valence-electron chi connectivity index (χ4n) is 3.93. The van der Waals surface area contributed by atoms with Gasteiger partial charge in [-0.25, -0.2) is 4.79 Å². The van der Waals surface area contributed by atoms with E-state index in [-0.39, 0.29) is 23.9 Å². The summed E-state index contributed by atoms with van der Waals surface area (Å²) in [6.45, 7) is 11.3. The van der Waals surface area contributed by atoms with Gasteiger partial charge in [0.05, 0.1) is 19.2 Å². The molecule has 8 heteroatoms. The maximum absolute atomic E-state index is 13.1. The highest BCUT2D eigenvalue weighted by molar-refractivity contribution is 5.76. The first-order chi connectivity index (χ1) is 12.8. The van der Waals surface area contributed by atoms with Crippen molar-refractivity contribution in [3.05, 3.63) is 44.4 Å². The van der Waals surface area contributed by atoms with Crippen molar-refractivity contribution < 1.29 is 4.74 Å². The molecule has 0 N–H and O–H groups in total. The molecule has 1 aliphatic rings. The van der Waals surface area contributed by atoms with Crippen molar-refractivity contribution in [3.8, 4) is 0 Å². The smallest absolute Gasteiger partial charge is 0.332 e. The minimum absolute atomic E-state index is 0.156. The van der Waals surface area contributed by atoms with Crippen LogP contribution in [0.5, 0.6) is 0 Å². The zero-order chi connectivity index (χ0) is 19.5. The van der Waals surface area contributed by atoms with E-state index in [2.05, 4.69) is 16.1 Å². The molecule has 1 fully saturated rings. The van der Waals surface area contributed by atoms with Gasteiger partial charge in [-0.3, -0.25) is 18.3 Å². The maximum Gasteiger partial charge on any atom is 0.332 e. The third-order valence-corrected chi connectivity index (χ3v) is 5.47. The number of rotatable bonds is 4. The minimum atomic E-state index is -0.378. The predicted molar refractivity (Wildman–Crippen MR) is 103 cm³/mol. The summed E-state index contributed by atoms with van der Waals surface area (Å²) in [4.78, 5) is 30.5. The van der Waals surface area contributed by atoms with Gasteiger partial charge in [0.15, 0.2) is 11.2 Å². The Morgan fingerprint density at radius 1 is 1.26 bits per heavy atom. The number of fused-ring (bicyclic) bond motifs is 3. The van der Waals surface area contributed by atoms with Crippen molar-refractivity contribution in [2.45, 2.75) is 52.8 Å². The van der Waals surface area contributed by atoms with Crippen LogP contribution in [0.2, 0.25) is 0 Å². The van der Waals surface area contributed by atoms with Gasteiger partial charge >= 0.3 is 5.69 Å². The molecule has 0 radical (unpaired) electrons. The molecule has 0 unspecified atom stereocenters. The van der Waals surface area contributed by atoms with E-state index < -0.39 is 0 Å². The Morgan fingerprint density at radius 3 is 2.63 bits per heavy atom. The highest BCUT2D eigenvalue weighted by Crippen LogP contribution is 2.23. The van der Waals surface area contributed by atoms with Crippen molar-refractivity contribution in [1.82, 2.24) is 23.1 Å². The molecule has 0 bridgehead atoms. The van der Waals surface area contributed by atoms with Crippen LogP contribution >= 0.6 is 0 Å². The largest absolute Gasteiger partial charge is 0.376 e. The maximum atomic E-state index is 13.1. The van der Waals surface area contributed by atoms with Crippen molar-refractivity contribution in [1.29, 1.82) is 0 Å². The molecule has 4 rings (SSSR count). The van der Waals surface area contributed by atoms with Crippen LogP contribution in [0, 0.1) is 13.8 Å². The third kappa shape index (κ3) is 2.58. The molecule has 1 atom stereocenters. The Kier molecular flexibility index (Phi) is 4.10. The number of aryl methyl sites for hydroxylation is 2. The molecule has 0 aliphatic carbocycles. The molecular formula is C19H25N5O3. The lowest BCUT2D eigenvalue weighted by Crippen LogP contribution is -2.39. The van der Waals surface area contributed by atoms with Crippen molar-refractivity contribution in [3.63, 3.8) is 0 Å². The molecule has 0 spiro atoms. The lowest BCUT2D eigenvalue weighted by molar-refractivity contribution is 0.0974. The topological polar surface area (TPSA) is 75.5 Å². The summed E-state index contributed by atoms with van der Waals surface area (Å²) >= 11 is 0. The summed E-state index contributed by atoms with van der Waals surface area (Å²) in [6.07, 6.45) is 2.24. The summed E-state index contributed by atoms with van der Waals surface area (Å²) in [6, 6.07) is 0. The van der Waals surface area contributed by atoms with Crippen LogP contribution in [-0.4, -0.2) is 35.8 Å². The van der Waals surface area contributed by atoms with E-state index in [1.54, 1.807) is 14.0 Å². The molecular weight excluding hydrogens is 346 g/mol. The Balaban J connectivity index is 2.04. The van der Waals surface area contributed by atoms with Crippen LogP contribution in [0.25, 0.3) is 16.9 Å². The molecule has 0 aromatic carbocycles. The molecule has 3 aromatic rings. The van der Waals surface area contributed by atoms with Crippen molar-refractivity contribution in [2.75, 3.05) is 6.61 Å². The Morgan fingerprint density at radius 2 is 2.00 bits per heavy atom. The average molecular weight is 371 g/mol. The number of ether oxygens (including phenoxy) is 1. The van der Waals surface area contributed by atoms with Crippen LogP contribution in [0.1, 0.15) is 31.2 Å². The summed E-state index contributed by atoms with van der Waals surface area (Å²) in [5, 5.41) is 0. The molecule has 3 aromatic heterocycles. The fraction of sp³-hybridized carbons (Fsp3) is 0.526. The highest BCUT2D eigenvalue weighted by Gasteiger charge is 2.25. The molecule has 0 saturated carbocycles. The number of allylic oxidation sites excluding steroid dienone is 1. The summed E-state index contributed by atoms with van der Waals surface area (Å²) in [5.41, 5.74) is 2.87. The zero-order valence-corrected chi connectivity index (χ0v) is 16.3. The van der Waals surface area contributed by atoms with Gasteiger partial charge in [-0.2, -0.15) is 4.98 Å². The van der Waals surface area contributed by atoms with Crippen molar-refractivity contribution >= 4 is 16.9 Å². The second-order valence-corrected chi connectivity index (χ2v) is 7.53. The van der Waals surface area contributed by atoms with Crippen LogP contribution in [-0.2, 0) is 24.9 Å². The highest BCUT2D eigenvalue weighted by atomic mass is 16.5. The van der Waals surface area contributed by atoms with Crippen LogP contribution in [0.15, 0.2) is 21.7 Å². The number of nitrogens with zero attached hydrogens (tertiary/aromatic N) is 5. The summed E-state index contributed by atoms with van der Waals surface area (Å²) < 4.78 is 12.4. The SMILES string of the molecule is C=C(C)Cn1c(=O)c2c(nc3n(C[C@H]4CCCO4)c(C)c(C)n23)n(C)c1=O. The van der Waals surface area contributed by atoms with Gasteiger partial charge in [0, 0.05) is 25.0 Å². The molecule has 0 amide bonds. The first kappa shape index (κ1) is 17.8. The molecule has 144 valence electrons. The van der Waals surface area contributed by atoms with Gasteiger partial charge in [-0.15, -0.1) is 0 Å². The summed E-state index contributed by atoms with van der Waals surface area (Å²) in [7, 11) is 1.65. The zero-order valence-electron chi connectivity index (χ0n) is 16.3. The van der Waals surface area contributed by atoms with E-state index in [4.69, 9.17) is 4.74 Å². The van der Waals surface area contributed by atoms with Gasteiger partial charge in [-0.1, -0.05) is 12.2 Å². The Bertz CT molecular complexity index is 1180. The van der Waals surface area contributed by atoms with E-state index in [9.17, 15) is 9.59 Å². The Labute approximate surface area is 156 Å². The predicted octanol–water partition coefficient (Wildman–Crippen LogP) is 1.52. The first-order valence-corrected chi connectivity index (χ1v) is 9.25. The fourth-order valence-corrected chi connectivity index (χ4v) is 3.93. The van der Waals surface area contributed by atoms with Gasteiger partial charge in [0.1, 0.15) is 0 Å². The van der Waals surface area contributed by atoms with E-state index in [1.807, 2.05) is 18.2 Å². The van der Waals surface area contributed by atoms with Crippen molar-refractivity contribution in [2.24, 2.45) is 7.05 Å². The number of hydrogen-bond acceptors (Lipinski definition) is 4. The van der Waals surface area contributed by atoms with E-state index in [0.29, 0.717) is 23.5 Å². The van der Waals surface area contributed by atoms with Gasteiger partial charge in [0.25, 0.3) is 5.56 Å². The van der Waals surface area contributed by atoms with E-state index >= 15 is 0 Å². The Hall–Kier alpha value is -2.61. The van der Waals surface area contributed by atoms with Crippen LogP contribution in [0.3, 0.4) is 0 Å². The first-order valence-electron chi connectivity index (χ1n) is 9.25. The van der Waals surface area contributed by atoms with Crippen LogP contribution in [0.4, 0.5) is 0 Å². The normalized spacial score (nSPS) is 17.4. The van der Waals surface area contributed by atoms with E-state index in [1.165, 1.54) is 9.13 Å². The molecule has 8 nitrogen and oxygen atoms in total. The minimum Gasteiger partial charge on any atom is -0.376 e. The van der Waals surface area contributed by atoms with Gasteiger partial charge in [-0.05, 0) is 33.6 Å². The molecule has 1 aliphatic heterocycles. The monoisotopic (exact) mass is 371 g/mol. The number of aromatic nitrogens is 5.